The molecule has 18 heavy (non-hydrogen) atoms. The Morgan fingerprint density at radius 3 is 2.89 bits per heavy atom. The number of benzene rings is 2. The van der Waals surface area contributed by atoms with Gasteiger partial charge in [0.15, 0.2) is 0 Å². The minimum atomic E-state index is -0.257. The zero-order valence-electron chi connectivity index (χ0n) is 9.79. The third kappa shape index (κ3) is 2.08. The molecule has 0 saturated carbocycles. The topological polar surface area (TPSA) is 12.0 Å². The second-order valence-electron chi connectivity index (χ2n) is 4.60. The third-order valence-corrected chi connectivity index (χ3v) is 3.66. The Labute approximate surface area is 111 Å². The lowest BCUT2D eigenvalue weighted by Gasteiger charge is -2.30. The first kappa shape index (κ1) is 11.5. The van der Waals surface area contributed by atoms with Gasteiger partial charge in [-0.15, -0.1) is 0 Å². The van der Waals surface area contributed by atoms with Crippen LogP contribution in [0.1, 0.15) is 17.0 Å². The molecule has 0 amide bonds. The fourth-order valence-electron chi connectivity index (χ4n) is 2.41. The molecule has 0 aromatic heterocycles. The van der Waals surface area contributed by atoms with Gasteiger partial charge in [-0.1, -0.05) is 35.9 Å². The predicted octanol–water partition coefficient (Wildman–Crippen LogP) is 4.23. The van der Waals surface area contributed by atoms with Gasteiger partial charge in [-0.25, -0.2) is 4.39 Å². The van der Waals surface area contributed by atoms with Crippen LogP contribution in [0.4, 0.5) is 10.1 Å². The largest absolute Gasteiger partial charge is 0.382 e. The SMILES string of the molecule is Fc1ccc(Cl)cc1NCC1Cc2ccccc21. The van der Waals surface area contributed by atoms with Gasteiger partial charge in [0.1, 0.15) is 5.82 Å². The molecule has 3 heteroatoms. The van der Waals surface area contributed by atoms with Crippen molar-refractivity contribution < 1.29 is 4.39 Å². The minimum absolute atomic E-state index is 0.257. The second kappa shape index (κ2) is 4.62. The quantitative estimate of drug-likeness (QED) is 0.872. The number of hydrogen-bond acceptors (Lipinski definition) is 1. The Hall–Kier alpha value is -1.54. The van der Waals surface area contributed by atoms with E-state index < -0.39 is 0 Å². The molecule has 2 aromatic carbocycles. The van der Waals surface area contributed by atoms with Crippen molar-refractivity contribution in [2.75, 3.05) is 11.9 Å². The van der Waals surface area contributed by atoms with E-state index in [2.05, 4.69) is 23.5 Å². The van der Waals surface area contributed by atoms with E-state index in [9.17, 15) is 4.39 Å². The molecular formula is C15H13ClFN. The molecule has 0 aliphatic heterocycles. The summed E-state index contributed by atoms with van der Waals surface area (Å²) < 4.78 is 13.5. The number of hydrogen-bond donors (Lipinski definition) is 1. The molecule has 1 nitrogen and oxygen atoms in total. The number of anilines is 1. The molecular weight excluding hydrogens is 249 g/mol. The smallest absolute Gasteiger partial charge is 0.146 e. The molecule has 0 bridgehead atoms. The summed E-state index contributed by atoms with van der Waals surface area (Å²) in [5.74, 6) is 0.214. The van der Waals surface area contributed by atoms with Gasteiger partial charge in [0.2, 0.25) is 0 Å². The summed E-state index contributed by atoms with van der Waals surface area (Å²) in [5.41, 5.74) is 3.25. The lowest BCUT2D eigenvalue weighted by atomic mass is 9.77. The highest BCUT2D eigenvalue weighted by molar-refractivity contribution is 6.30. The van der Waals surface area contributed by atoms with E-state index in [0.29, 0.717) is 16.6 Å². The Bertz CT molecular complexity index is 582. The van der Waals surface area contributed by atoms with E-state index in [-0.39, 0.29) is 5.82 Å². The summed E-state index contributed by atoms with van der Waals surface area (Å²) in [6.07, 6.45) is 1.06. The molecule has 2 aromatic rings. The van der Waals surface area contributed by atoms with Gasteiger partial charge in [-0.05, 0) is 35.7 Å². The average Bonchev–Trinajstić information content (AvgIpc) is 2.34. The second-order valence-corrected chi connectivity index (χ2v) is 5.04. The maximum atomic E-state index is 13.5. The molecule has 3 rings (SSSR count). The van der Waals surface area contributed by atoms with Gasteiger partial charge >= 0.3 is 0 Å². The van der Waals surface area contributed by atoms with Crippen molar-refractivity contribution in [2.45, 2.75) is 12.3 Å². The fourth-order valence-corrected chi connectivity index (χ4v) is 2.58. The molecule has 0 spiro atoms. The highest BCUT2D eigenvalue weighted by Gasteiger charge is 2.25. The summed E-state index contributed by atoms with van der Waals surface area (Å²) in [4.78, 5) is 0. The maximum absolute atomic E-state index is 13.5. The lowest BCUT2D eigenvalue weighted by molar-refractivity contribution is 0.614. The van der Waals surface area contributed by atoms with Crippen LogP contribution in [0.15, 0.2) is 42.5 Å². The highest BCUT2D eigenvalue weighted by atomic mass is 35.5. The Balaban J connectivity index is 1.68. The zero-order valence-corrected chi connectivity index (χ0v) is 10.5. The van der Waals surface area contributed by atoms with Gasteiger partial charge in [-0.3, -0.25) is 0 Å². The van der Waals surface area contributed by atoms with Gasteiger partial charge < -0.3 is 5.32 Å². The first-order chi connectivity index (χ1) is 8.74. The van der Waals surface area contributed by atoms with Gasteiger partial charge in [0.25, 0.3) is 0 Å². The molecule has 0 radical (unpaired) electrons. The van der Waals surface area contributed by atoms with Crippen LogP contribution >= 0.6 is 11.6 Å². The van der Waals surface area contributed by atoms with Crippen LogP contribution < -0.4 is 5.32 Å². The Morgan fingerprint density at radius 2 is 2.06 bits per heavy atom. The first-order valence-electron chi connectivity index (χ1n) is 6.01. The maximum Gasteiger partial charge on any atom is 0.146 e. The van der Waals surface area contributed by atoms with Crippen molar-refractivity contribution in [3.63, 3.8) is 0 Å². The van der Waals surface area contributed by atoms with Crippen LogP contribution in [0.3, 0.4) is 0 Å². The standard InChI is InChI=1S/C15H13ClFN/c16-12-5-6-14(17)15(8-12)18-9-11-7-10-3-1-2-4-13(10)11/h1-6,8,11,18H,7,9H2. The highest BCUT2D eigenvalue weighted by Crippen LogP contribution is 2.35. The summed E-state index contributed by atoms with van der Waals surface area (Å²) in [7, 11) is 0. The summed E-state index contributed by atoms with van der Waals surface area (Å²) in [6, 6.07) is 13.0. The monoisotopic (exact) mass is 261 g/mol. The summed E-state index contributed by atoms with van der Waals surface area (Å²) in [5, 5.41) is 3.69. The van der Waals surface area contributed by atoms with E-state index in [1.807, 2.05) is 6.07 Å². The van der Waals surface area contributed by atoms with Crippen molar-refractivity contribution in [2.24, 2.45) is 0 Å². The predicted molar refractivity (Wildman–Crippen MR) is 72.8 cm³/mol. The van der Waals surface area contributed by atoms with Crippen LogP contribution in [0.25, 0.3) is 0 Å². The van der Waals surface area contributed by atoms with Crippen molar-refractivity contribution >= 4 is 17.3 Å². The van der Waals surface area contributed by atoms with Crippen LogP contribution in [-0.4, -0.2) is 6.54 Å². The first-order valence-corrected chi connectivity index (χ1v) is 6.38. The molecule has 1 aliphatic carbocycles. The Kier molecular flexibility index (Phi) is 2.96. The molecule has 92 valence electrons. The normalized spacial score (nSPS) is 16.9. The van der Waals surface area contributed by atoms with Crippen molar-refractivity contribution in [1.29, 1.82) is 0 Å². The van der Waals surface area contributed by atoms with E-state index >= 15 is 0 Å². The summed E-state index contributed by atoms with van der Waals surface area (Å²) in [6.45, 7) is 0.744. The Morgan fingerprint density at radius 1 is 1.22 bits per heavy atom. The number of rotatable bonds is 3. The van der Waals surface area contributed by atoms with Crippen molar-refractivity contribution in [3.8, 4) is 0 Å². The molecule has 0 fully saturated rings. The van der Waals surface area contributed by atoms with Gasteiger partial charge in [0.05, 0.1) is 5.69 Å². The van der Waals surface area contributed by atoms with E-state index in [0.717, 1.165) is 13.0 Å². The number of fused-ring (bicyclic) bond motifs is 1. The third-order valence-electron chi connectivity index (χ3n) is 3.43. The molecule has 0 heterocycles. The molecule has 1 unspecified atom stereocenters. The van der Waals surface area contributed by atoms with Crippen molar-refractivity contribution in [1.82, 2.24) is 0 Å². The van der Waals surface area contributed by atoms with E-state index in [4.69, 9.17) is 11.6 Å². The molecule has 0 saturated heterocycles. The lowest BCUT2D eigenvalue weighted by Crippen LogP contribution is -2.24. The zero-order chi connectivity index (χ0) is 12.5. The molecule has 1 N–H and O–H groups in total. The van der Waals surface area contributed by atoms with Crippen LogP contribution in [0.5, 0.6) is 0 Å². The fraction of sp³-hybridized carbons (Fsp3) is 0.200. The average molecular weight is 262 g/mol. The van der Waals surface area contributed by atoms with E-state index in [1.54, 1.807) is 12.1 Å². The van der Waals surface area contributed by atoms with Gasteiger partial charge in [0, 0.05) is 17.5 Å². The minimum Gasteiger partial charge on any atom is -0.382 e. The van der Waals surface area contributed by atoms with Crippen LogP contribution in [0, 0.1) is 5.82 Å². The summed E-state index contributed by atoms with van der Waals surface area (Å²) >= 11 is 5.85. The van der Waals surface area contributed by atoms with Crippen LogP contribution in [-0.2, 0) is 6.42 Å². The van der Waals surface area contributed by atoms with Gasteiger partial charge in [-0.2, -0.15) is 0 Å². The van der Waals surface area contributed by atoms with Crippen molar-refractivity contribution in [3.05, 3.63) is 64.4 Å². The number of nitrogens with one attached hydrogen (secondary N) is 1. The number of halogens is 2. The molecule has 1 atom stereocenters. The van der Waals surface area contributed by atoms with Crippen LogP contribution in [0.2, 0.25) is 5.02 Å². The molecule has 1 aliphatic rings. The van der Waals surface area contributed by atoms with E-state index in [1.165, 1.54) is 17.2 Å².